The fraction of sp³-hybridized carbons (Fsp3) is 0.278. The molecule has 2 aromatic carbocycles. The number of carbonyl (C=O) groups is 1. The number of aliphatic hydroxyl groups excluding tert-OH is 1. The number of hydrogen-bond acceptors (Lipinski definition) is 3. The Bertz CT molecular complexity index is 760. The second-order valence-electron chi connectivity index (χ2n) is 5.75. The Morgan fingerprint density at radius 2 is 1.80 bits per heavy atom. The van der Waals surface area contributed by atoms with Gasteiger partial charge in [-0.15, -0.1) is 0 Å². The van der Waals surface area contributed by atoms with Crippen LogP contribution in [0.3, 0.4) is 0 Å². The number of nitrogens with one attached hydrogen (secondary N) is 2. The number of anilines is 2. The molecule has 0 radical (unpaired) electrons. The van der Waals surface area contributed by atoms with Gasteiger partial charge in [-0.3, -0.25) is 4.79 Å². The quantitative estimate of drug-likeness (QED) is 0.764. The normalized spacial score (nSPS) is 12.6. The molecule has 0 bridgehead atoms. The maximum Gasteiger partial charge on any atom is 0.418 e. The highest BCUT2D eigenvalue weighted by atomic mass is 19.4. The second-order valence-corrected chi connectivity index (χ2v) is 5.75. The van der Waals surface area contributed by atoms with Crippen LogP contribution in [0.5, 0.6) is 0 Å². The van der Waals surface area contributed by atoms with Gasteiger partial charge in [-0.1, -0.05) is 35.9 Å². The predicted molar refractivity (Wildman–Crippen MR) is 90.5 cm³/mol. The molecule has 2 aromatic rings. The summed E-state index contributed by atoms with van der Waals surface area (Å²) in [5.74, 6) is -0.400. The fourth-order valence-corrected chi connectivity index (χ4v) is 2.40. The first kappa shape index (κ1) is 18.8. The highest BCUT2D eigenvalue weighted by molar-refractivity contribution is 5.94. The molecule has 0 heterocycles. The highest BCUT2D eigenvalue weighted by Crippen LogP contribution is 2.35. The minimum absolute atomic E-state index is 0.0584. The predicted octanol–water partition coefficient (Wildman–Crippen LogP) is 3.95. The van der Waals surface area contributed by atoms with Gasteiger partial charge in [-0.05, 0) is 31.5 Å². The third-order valence-corrected chi connectivity index (χ3v) is 3.66. The van der Waals surface area contributed by atoms with Gasteiger partial charge >= 0.3 is 6.18 Å². The van der Waals surface area contributed by atoms with Gasteiger partial charge in [-0.25, -0.2) is 0 Å². The average Bonchev–Trinajstić information content (AvgIpc) is 2.54. The van der Waals surface area contributed by atoms with Gasteiger partial charge in [0.2, 0.25) is 5.91 Å². The summed E-state index contributed by atoms with van der Waals surface area (Å²) in [6.45, 7) is 3.56. The summed E-state index contributed by atoms with van der Waals surface area (Å²) in [4.78, 5) is 12.0. The van der Waals surface area contributed by atoms with Crippen LogP contribution in [-0.2, 0) is 4.79 Å². The van der Waals surface area contributed by atoms with Gasteiger partial charge in [0.1, 0.15) is 0 Å². The number of para-hydroxylation sites is 1. The second kappa shape index (κ2) is 7.57. The molecule has 0 saturated heterocycles. The van der Waals surface area contributed by atoms with Crippen LogP contribution >= 0.6 is 0 Å². The maximum atomic E-state index is 12.7. The number of hydrogen-bond donors (Lipinski definition) is 3. The van der Waals surface area contributed by atoms with E-state index in [0.29, 0.717) is 5.69 Å². The van der Waals surface area contributed by atoms with Gasteiger partial charge in [-0.2, -0.15) is 13.2 Å². The van der Waals surface area contributed by atoms with E-state index in [1.807, 2.05) is 26.0 Å². The maximum absolute atomic E-state index is 12.7. The fourth-order valence-electron chi connectivity index (χ4n) is 2.40. The lowest BCUT2D eigenvalue weighted by Gasteiger charge is -2.19. The topological polar surface area (TPSA) is 61.4 Å². The van der Waals surface area contributed by atoms with Crippen LogP contribution in [0.15, 0.2) is 42.5 Å². The molecule has 0 aliphatic rings. The van der Waals surface area contributed by atoms with E-state index in [0.717, 1.165) is 11.1 Å². The number of aliphatic hydroxyl groups is 1. The number of amides is 1. The molecule has 0 spiro atoms. The van der Waals surface area contributed by atoms with Crippen molar-refractivity contribution in [2.45, 2.75) is 26.1 Å². The van der Waals surface area contributed by atoms with Gasteiger partial charge in [0.25, 0.3) is 0 Å². The molecule has 0 saturated carbocycles. The van der Waals surface area contributed by atoms with E-state index in [1.54, 1.807) is 6.07 Å². The van der Waals surface area contributed by atoms with Crippen molar-refractivity contribution in [2.24, 2.45) is 0 Å². The largest absolute Gasteiger partial charge is 0.418 e. The summed E-state index contributed by atoms with van der Waals surface area (Å²) in [5, 5.41) is 14.8. The monoisotopic (exact) mass is 352 g/mol. The van der Waals surface area contributed by atoms with Crippen LogP contribution in [0.25, 0.3) is 0 Å². The first-order valence-electron chi connectivity index (χ1n) is 7.63. The van der Waals surface area contributed by atoms with Crippen molar-refractivity contribution in [2.75, 3.05) is 17.2 Å². The van der Waals surface area contributed by atoms with Crippen molar-refractivity contribution in [3.63, 3.8) is 0 Å². The molecule has 134 valence electrons. The van der Waals surface area contributed by atoms with Crippen molar-refractivity contribution in [3.05, 3.63) is 59.2 Å². The molecule has 0 aliphatic carbocycles. The lowest BCUT2D eigenvalue weighted by atomic mass is 10.1. The molecule has 0 fully saturated rings. The molecule has 4 nitrogen and oxygen atoms in total. The van der Waals surface area contributed by atoms with Gasteiger partial charge in [0.05, 0.1) is 6.54 Å². The Labute approximate surface area is 143 Å². The Hall–Kier alpha value is -2.54. The summed E-state index contributed by atoms with van der Waals surface area (Å²) >= 11 is 0. The third kappa shape index (κ3) is 4.96. The molecule has 3 N–H and O–H groups in total. The molecule has 0 unspecified atom stereocenters. The van der Waals surface area contributed by atoms with Crippen LogP contribution in [0.1, 0.15) is 22.8 Å². The summed E-state index contributed by atoms with van der Waals surface area (Å²) < 4.78 is 38.2. The van der Waals surface area contributed by atoms with Gasteiger partial charge in [0.15, 0.2) is 6.10 Å². The van der Waals surface area contributed by atoms with Crippen molar-refractivity contribution in [1.29, 1.82) is 0 Å². The molecule has 1 atom stereocenters. The van der Waals surface area contributed by atoms with Crippen molar-refractivity contribution < 1.29 is 23.1 Å². The van der Waals surface area contributed by atoms with Crippen molar-refractivity contribution in [3.8, 4) is 0 Å². The number of halogens is 3. The van der Waals surface area contributed by atoms with E-state index in [1.165, 1.54) is 24.3 Å². The van der Waals surface area contributed by atoms with E-state index in [2.05, 4.69) is 10.6 Å². The zero-order valence-corrected chi connectivity index (χ0v) is 13.8. The summed E-state index contributed by atoms with van der Waals surface area (Å²) in [7, 11) is 0. The zero-order valence-electron chi connectivity index (χ0n) is 13.8. The average molecular weight is 352 g/mol. The van der Waals surface area contributed by atoms with Crippen LogP contribution in [0.2, 0.25) is 0 Å². The number of rotatable bonds is 5. The number of benzene rings is 2. The molecule has 7 heteroatoms. The Balaban J connectivity index is 2.05. The smallest absolute Gasteiger partial charge is 0.379 e. The van der Waals surface area contributed by atoms with Crippen LogP contribution in [-0.4, -0.2) is 23.7 Å². The minimum Gasteiger partial charge on any atom is -0.379 e. The number of carbonyl (C=O) groups excluding carboxylic acids is 1. The summed E-state index contributed by atoms with van der Waals surface area (Å²) in [6.07, 6.45) is -7.39. The number of aryl methyl sites for hydroxylation is 2. The van der Waals surface area contributed by atoms with E-state index in [4.69, 9.17) is 0 Å². The minimum atomic E-state index is -4.78. The van der Waals surface area contributed by atoms with E-state index in [9.17, 15) is 23.1 Å². The Kier molecular flexibility index (Phi) is 5.69. The first-order valence-corrected chi connectivity index (χ1v) is 7.63. The lowest BCUT2D eigenvalue weighted by molar-refractivity contribution is -0.206. The molecule has 1 amide bonds. The summed E-state index contributed by atoms with van der Waals surface area (Å²) in [6, 6.07) is 11.0. The molecular formula is C18H19F3N2O2. The standard InChI is InChI=1S/C18H19F3N2O2/c1-11-7-8-14(12(2)9-11)23-16(24)10-22-15-6-4-3-5-13(15)17(25)18(19,20)21/h3-9,17,22,25H,10H2,1-2H3,(H,23,24)/t17-/m1/s1. The van der Waals surface area contributed by atoms with E-state index < -0.39 is 18.2 Å². The van der Waals surface area contributed by atoms with Crippen LogP contribution in [0.4, 0.5) is 24.5 Å². The summed E-state index contributed by atoms with van der Waals surface area (Å²) in [5.41, 5.74) is 2.32. The van der Waals surface area contributed by atoms with Crippen molar-refractivity contribution in [1.82, 2.24) is 0 Å². The lowest BCUT2D eigenvalue weighted by Crippen LogP contribution is -2.25. The molecule has 0 aliphatic heterocycles. The highest BCUT2D eigenvalue weighted by Gasteiger charge is 2.40. The van der Waals surface area contributed by atoms with Crippen LogP contribution < -0.4 is 10.6 Å². The van der Waals surface area contributed by atoms with E-state index in [-0.39, 0.29) is 17.8 Å². The molecule has 0 aromatic heterocycles. The molecular weight excluding hydrogens is 333 g/mol. The van der Waals surface area contributed by atoms with Crippen LogP contribution in [0, 0.1) is 13.8 Å². The molecule has 25 heavy (non-hydrogen) atoms. The Morgan fingerprint density at radius 1 is 1.12 bits per heavy atom. The van der Waals surface area contributed by atoms with E-state index >= 15 is 0 Å². The molecule has 2 rings (SSSR count). The van der Waals surface area contributed by atoms with Crippen molar-refractivity contribution >= 4 is 17.3 Å². The van der Waals surface area contributed by atoms with Gasteiger partial charge < -0.3 is 15.7 Å². The SMILES string of the molecule is Cc1ccc(NC(=O)CNc2ccccc2[C@@H](O)C(F)(F)F)c(C)c1. The zero-order chi connectivity index (χ0) is 18.6. The first-order chi connectivity index (χ1) is 11.7. The van der Waals surface area contributed by atoms with Gasteiger partial charge in [0, 0.05) is 16.9 Å². The third-order valence-electron chi connectivity index (χ3n) is 3.66. The Morgan fingerprint density at radius 3 is 2.44 bits per heavy atom. The number of alkyl halides is 3.